The van der Waals surface area contributed by atoms with Gasteiger partial charge in [-0.1, -0.05) is 0 Å². The largest absolute Gasteiger partial charge is 0.415 e. The van der Waals surface area contributed by atoms with Crippen molar-refractivity contribution in [1.82, 2.24) is 9.97 Å². The Kier molecular flexibility index (Phi) is 3.00. The fourth-order valence-electron chi connectivity index (χ4n) is 1.34. The lowest BCUT2D eigenvalue weighted by Crippen LogP contribution is -2.04. The summed E-state index contributed by atoms with van der Waals surface area (Å²) in [7, 11) is 0. The monoisotopic (exact) mass is 288 g/mol. The van der Waals surface area contributed by atoms with Gasteiger partial charge in [0.25, 0.3) is 0 Å². The molecule has 16 heavy (non-hydrogen) atoms. The molecule has 0 unspecified atom stereocenters. The predicted octanol–water partition coefficient (Wildman–Crippen LogP) is 3.30. The molecule has 0 amide bonds. The van der Waals surface area contributed by atoms with E-state index in [9.17, 15) is 8.78 Å². The van der Waals surface area contributed by atoms with Crippen LogP contribution >= 0.6 is 15.9 Å². The highest BCUT2D eigenvalue weighted by Gasteiger charge is 2.09. The van der Waals surface area contributed by atoms with E-state index in [1.165, 1.54) is 6.20 Å². The van der Waals surface area contributed by atoms with Crippen LogP contribution in [0.2, 0.25) is 0 Å². The third kappa shape index (κ3) is 2.27. The number of fused-ring (bicyclic) bond motifs is 1. The van der Waals surface area contributed by atoms with Crippen molar-refractivity contribution in [3.8, 4) is 5.88 Å². The molecule has 0 atom stereocenters. The summed E-state index contributed by atoms with van der Waals surface area (Å²) in [6, 6.07) is 3.63. The molecule has 0 aliphatic rings. The summed E-state index contributed by atoms with van der Waals surface area (Å²) in [6.07, 6.45) is 1.18. The first-order chi connectivity index (χ1) is 7.56. The van der Waals surface area contributed by atoms with Crippen molar-refractivity contribution in [1.29, 1.82) is 0 Å². The molecule has 0 bridgehead atoms. The number of hydrogen-bond donors (Lipinski definition) is 0. The molecule has 0 radical (unpaired) electrons. The lowest BCUT2D eigenvalue weighted by molar-refractivity contribution is -0.0528. The van der Waals surface area contributed by atoms with Gasteiger partial charge in [-0.05, 0) is 40.5 Å². The number of alkyl halides is 2. The van der Waals surface area contributed by atoms with Crippen molar-refractivity contribution in [2.45, 2.75) is 13.5 Å². The van der Waals surface area contributed by atoms with E-state index in [0.29, 0.717) is 11.0 Å². The number of halogens is 3. The molecular weight excluding hydrogens is 282 g/mol. The van der Waals surface area contributed by atoms with Gasteiger partial charge in [0.05, 0.1) is 11.7 Å². The van der Waals surface area contributed by atoms with Gasteiger partial charge in [0.2, 0.25) is 5.88 Å². The number of aromatic nitrogens is 2. The van der Waals surface area contributed by atoms with Crippen molar-refractivity contribution in [2.75, 3.05) is 0 Å². The number of ether oxygens (including phenoxy) is 1. The fraction of sp³-hybridized carbons (Fsp3) is 0.200. The number of aryl methyl sites for hydroxylation is 1. The van der Waals surface area contributed by atoms with Crippen molar-refractivity contribution < 1.29 is 13.5 Å². The lowest BCUT2D eigenvalue weighted by atomic mass is 10.2. The number of rotatable bonds is 2. The maximum atomic E-state index is 12.0. The summed E-state index contributed by atoms with van der Waals surface area (Å²) >= 11 is 3.33. The van der Waals surface area contributed by atoms with E-state index in [2.05, 4.69) is 30.6 Å². The quantitative estimate of drug-likeness (QED) is 0.850. The Morgan fingerprint density at radius 2 is 2.12 bits per heavy atom. The van der Waals surface area contributed by atoms with Crippen LogP contribution in [0.25, 0.3) is 11.0 Å². The average molecular weight is 289 g/mol. The van der Waals surface area contributed by atoms with E-state index in [4.69, 9.17) is 0 Å². The van der Waals surface area contributed by atoms with Crippen LogP contribution in [0, 0.1) is 6.92 Å². The maximum Gasteiger partial charge on any atom is 0.388 e. The van der Waals surface area contributed by atoms with Crippen LogP contribution in [0.15, 0.2) is 22.8 Å². The summed E-state index contributed by atoms with van der Waals surface area (Å²) in [5.74, 6) is -0.181. The highest BCUT2D eigenvalue weighted by atomic mass is 79.9. The minimum absolute atomic E-state index is 0.181. The minimum Gasteiger partial charge on any atom is -0.415 e. The molecule has 84 valence electrons. The molecule has 3 nitrogen and oxygen atoms in total. The zero-order valence-electron chi connectivity index (χ0n) is 8.25. The molecule has 0 N–H and O–H groups in total. The standard InChI is InChI=1S/C10H7BrF2N2O/c1-5-2-6(11)9-7(3-5)15-8(4-14-9)16-10(12)13/h2-4,10H,1H3. The molecule has 0 saturated carbocycles. The smallest absolute Gasteiger partial charge is 0.388 e. The van der Waals surface area contributed by atoms with Gasteiger partial charge >= 0.3 is 6.61 Å². The first-order valence-electron chi connectivity index (χ1n) is 4.44. The lowest BCUT2D eigenvalue weighted by Gasteiger charge is -2.05. The third-order valence-electron chi connectivity index (χ3n) is 1.93. The molecule has 1 heterocycles. The second kappa shape index (κ2) is 4.29. The van der Waals surface area contributed by atoms with E-state index in [0.717, 1.165) is 10.0 Å². The Morgan fingerprint density at radius 3 is 2.81 bits per heavy atom. The summed E-state index contributed by atoms with van der Waals surface area (Å²) in [5, 5.41) is 0. The Labute approximate surface area is 98.6 Å². The fourth-order valence-corrected chi connectivity index (χ4v) is 2.01. The molecule has 0 saturated heterocycles. The van der Waals surface area contributed by atoms with E-state index in [1.54, 1.807) is 6.07 Å². The summed E-state index contributed by atoms with van der Waals surface area (Å²) in [6.45, 7) is -1.01. The van der Waals surface area contributed by atoms with E-state index >= 15 is 0 Å². The molecular formula is C10H7BrF2N2O. The second-order valence-corrected chi connectivity index (χ2v) is 4.06. The van der Waals surface area contributed by atoms with E-state index in [1.807, 2.05) is 13.0 Å². The Bertz CT molecular complexity index is 533. The van der Waals surface area contributed by atoms with Gasteiger partial charge in [-0.3, -0.25) is 0 Å². The van der Waals surface area contributed by atoms with Gasteiger partial charge in [-0.2, -0.15) is 8.78 Å². The Hall–Kier alpha value is -1.30. The van der Waals surface area contributed by atoms with Crippen LogP contribution in [0.3, 0.4) is 0 Å². The number of nitrogens with zero attached hydrogens (tertiary/aromatic N) is 2. The van der Waals surface area contributed by atoms with Crippen molar-refractivity contribution in [3.05, 3.63) is 28.4 Å². The van der Waals surface area contributed by atoms with Crippen molar-refractivity contribution in [2.24, 2.45) is 0 Å². The van der Waals surface area contributed by atoms with Crippen molar-refractivity contribution >= 4 is 27.0 Å². The summed E-state index contributed by atoms with van der Waals surface area (Å²) < 4.78 is 28.9. The molecule has 6 heteroatoms. The Balaban J connectivity index is 2.53. The van der Waals surface area contributed by atoms with E-state index < -0.39 is 6.61 Å². The first-order valence-corrected chi connectivity index (χ1v) is 5.23. The van der Waals surface area contributed by atoms with Crippen LogP contribution in [-0.4, -0.2) is 16.6 Å². The van der Waals surface area contributed by atoms with Crippen LogP contribution in [0.4, 0.5) is 8.78 Å². The van der Waals surface area contributed by atoms with Gasteiger partial charge in [0, 0.05) is 4.47 Å². The van der Waals surface area contributed by atoms with Crippen molar-refractivity contribution in [3.63, 3.8) is 0 Å². The zero-order chi connectivity index (χ0) is 11.7. The van der Waals surface area contributed by atoms with E-state index in [-0.39, 0.29) is 5.88 Å². The van der Waals surface area contributed by atoms with Gasteiger partial charge in [-0.15, -0.1) is 0 Å². The average Bonchev–Trinajstić information content (AvgIpc) is 2.15. The molecule has 1 aromatic heterocycles. The third-order valence-corrected chi connectivity index (χ3v) is 2.54. The molecule has 1 aromatic carbocycles. The van der Waals surface area contributed by atoms with Gasteiger partial charge in [-0.25, -0.2) is 9.97 Å². The normalized spacial score (nSPS) is 11.1. The van der Waals surface area contributed by atoms with Gasteiger partial charge in [0.1, 0.15) is 5.52 Å². The van der Waals surface area contributed by atoms with Crippen LogP contribution in [-0.2, 0) is 0 Å². The molecule has 0 aliphatic heterocycles. The number of hydrogen-bond acceptors (Lipinski definition) is 3. The summed E-state index contributed by atoms with van der Waals surface area (Å²) in [4.78, 5) is 7.95. The SMILES string of the molecule is Cc1cc(Br)c2ncc(OC(F)F)nc2c1. The maximum absolute atomic E-state index is 12.0. The van der Waals surface area contributed by atoms with Crippen LogP contribution < -0.4 is 4.74 Å². The highest BCUT2D eigenvalue weighted by Crippen LogP contribution is 2.24. The van der Waals surface area contributed by atoms with Gasteiger partial charge in [0.15, 0.2) is 0 Å². The molecule has 0 spiro atoms. The summed E-state index contributed by atoms with van der Waals surface area (Å²) in [5.41, 5.74) is 2.10. The zero-order valence-corrected chi connectivity index (χ0v) is 9.83. The van der Waals surface area contributed by atoms with Crippen LogP contribution in [0.5, 0.6) is 5.88 Å². The highest BCUT2D eigenvalue weighted by molar-refractivity contribution is 9.10. The molecule has 0 aliphatic carbocycles. The topological polar surface area (TPSA) is 35.0 Å². The Morgan fingerprint density at radius 1 is 1.38 bits per heavy atom. The van der Waals surface area contributed by atoms with Gasteiger partial charge < -0.3 is 4.74 Å². The molecule has 0 fully saturated rings. The minimum atomic E-state index is -2.89. The molecule has 2 rings (SSSR count). The first kappa shape index (κ1) is 11.2. The van der Waals surface area contributed by atoms with Crippen LogP contribution in [0.1, 0.15) is 5.56 Å². The predicted molar refractivity (Wildman–Crippen MR) is 58.6 cm³/mol. The second-order valence-electron chi connectivity index (χ2n) is 3.20. The molecule has 2 aromatic rings. The number of benzene rings is 1.